The lowest BCUT2D eigenvalue weighted by Crippen LogP contribution is -2.33. The van der Waals surface area contributed by atoms with Gasteiger partial charge in [0.2, 0.25) is 11.8 Å². The number of H-pyrrole nitrogens is 1. The van der Waals surface area contributed by atoms with Crippen molar-refractivity contribution in [2.45, 2.75) is 83.1 Å². The number of hydrogen-bond acceptors (Lipinski definition) is 7. The maximum atomic E-state index is 13.4. The van der Waals surface area contributed by atoms with E-state index in [4.69, 9.17) is 0 Å². The van der Waals surface area contributed by atoms with Gasteiger partial charge in [-0.25, -0.2) is 14.6 Å². The number of aromatic amines is 1. The molecule has 3 N–H and O–H groups in total. The van der Waals surface area contributed by atoms with Gasteiger partial charge in [-0.15, -0.1) is 11.3 Å². The second kappa shape index (κ2) is 11.2. The van der Waals surface area contributed by atoms with Gasteiger partial charge in [0.1, 0.15) is 6.04 Å². The summed E-state index contributed by atoms with van der Waals surface area (Å²) in [6, 6.07) is -0.863. The van der Waals surface area contributed by atoms with Gasteiger partial charge in [0.25, 0.3) is 0 Å². The van der Waals surface area contributed by atoms with E-state index in [1.807, 2.05) is 0 Å². The molecule has 186 valence electrons. The molecule has 1 amide bonds. The number of ether oxygens (including phenoxy) is 1. The molecule has 10 heteroatoms. The molecule has 9 nitrogen and oxygen atoms in total. The summed E-state index contributed by atoms with van der Waals surface area (Å²) in [6.45, 7) is 0. The fourth-order valence-corrected chi connectivity index (χ4v) is 6.07. The average Bonchev–Trinajstić information content (AvgIpc) is 3.42. The molecule has 34 heavy (non-hydrogen) atoms. The highest BCUT2D eigenvalue weighted by molar-refractivity contribution is 7.14. The number of carbonyl (C=O) groups excluding carboxylic acids is 2. The fourth-order valence-electron chi connectivity index (χ4n) is 5.38. The summed E-state index contributed by atoms with van der Waals surface area (Å²) in [5.41, 5.74) is 0.164. The van der Waals surface area contributed by atoms with Crippen LogP contribution in [0.4, 0.5) is 5.13 Å². The second-order valence-electron chi connectivity index (χ2n) is 9.58. The zero-order valence-corrected chi connectivity index (χ0v) is 20.5. The van der Waals surface area contributed by atoms with E-state index in [1.165, 1.54) is 42.7 Å². The van der Waals surface area contributed by atoms with Crippen LogP contribution in [-0.4, -0.2) is 38.6 Å². The van der Waals surface area contributed by atoms with Crippen molar-refractivity contribution < 1.29 is 19.4 Å². The van der Waals surface area contributed by atoms with Gasteiger partial charge in [-0.2, -0.15) is 0 Å². The Labute approximate surface area is 202 Å². The molecule has 0 bridgehead atoms. The number of methoxy groups -OCH3 is 1. The maximum absolute atomic E-state index is 13.4. The summed E-state index contributed by atoms with van der Waals surface area (Å²) >= 11 is 1.12. The Kier molecular flexibility index (Phi) is 8.07. The molecule has 2 fully saturated rings. The van der Waals surface area contributed by atoms with Crippen LogP contribution in [0.25, 0.3) is 0 Å². The molecule has 2 aliphatic rings. The van der Waals surface area contributed by atoms with E-state index in [1.54, 1.807) is 0 Å². The van der Waals surface area contributed by atoms with Crippen molar-refractivity contribution in [1.29, 1.82) is 0 Å². The summed E-state index contributed by atoms with van der Waals surface area (Å²) in [5, 5.41) is 15.6. The number of imidazole rings is 1. The van der Waals surface area contributed by atoms with Crippen LogP contribution in [0.15, 0.2) is 10.2 Å². The number of esters is 1. The van der Waals surface area contributed by atoms with Gasteiger partial charge < -0.3 is 20.1 Å². The molecule has 0 aliphatic heterocycles. The molecule has 0 unspecified atom stereocenters. The van der Waals surface area contributed by atoms with Gasteiger partial charge >= 0.3 is 11.7 Å². The predicted molar refractivity (Wildman–Crippen MR) is 129 cm³/mol. The predicted octanol–water partition coefficient (Wildman–Crippen LogP) is 4.40. The molecule has 2 aliphatic carbocycles. The van der Waals surface area contributed by atoms with Crippen LogP contribution in [-0.2, 0) is 16.0 Å². The molecule has 0 radical (unpaired) electrons. The van der Waals surface area contributed by atoms with Gasteiger partial charge in [0.15, 0.2) is 10.8 Å². The van der Waals surface area contributed by atoms with E-state index in [-0.39, 0.29) is 16.7 Å². The second-order valence-corrected chi connectivity index (χ2v) is 10.4. The number of aromatic nitrogens is 3. The topological polar surface area (TPSA) is 126 Å². The van der Waals surface area contributed by atoms with Crippen molar-refractivity contribution in [1.82, 2.24) is 14.5 Å². The summed E-state index contributed by atoms with van der Waals surface area (Å²) in [7, 11) is 1.27. The van der Waals surface area contributed by atoms with Crippen molar-refractivity contribution in [3.05, 3.63) is 27.3 Å². The van der Waals surface area contributed by atoms with Gasteiger partial charge in [0.05, 0.1) is 12.8 Å². The molecule has 0 aromatic carbocycles. The number of aromatic hydroxyl groups is 1. The van der Waals surface area contributed by atoms with Crippen LogP contribution in [0.5, 0.6) is 5.88 Å². The SMILES string of the molecule is COC(=O)c1csc(NC(=O)[C@H](CC2CCCCC2)n2c(O)c(CC3CCCCC3)[nH]c2=O)n1. The van der Waals surface area contributed by atoms with Crippen LogP contribution < -0.4 is 11.0 Å². The van der Waals surface area contributed by atoms with Gasteiger partial charge in [-0.05, 0) is 24.7 Å². The average molecular weight is 491 g/mol. The van der Waals surface area contributed by atoms with Gasteiger partial charge in [-0.3, -0.25) is 9.36 Å². The largest absolute Gasteiger partial charge is 0.493 e. The highest BCUT2D eigenvalue weighted by Gasteiger charge is 2.32. The minimum Gasteiger partial charge on any atom is -0.493 e. The molecule has 4 rings (SSSR count). The van der Waals surface area contributed by atoms with Crippen molar-refractivity contribution in [3.8, 4) is 5.88 Å². The van der Waals surface area contributed by atoms with Crippen LogP contribution in [0.2, 0.25) is 0 Å². The van der Waals surface area contributed by atoms with Crippen molar-refractivity contribution in [3.63, 3.8) is 0 Å². The Morgan fingerprint density at radius 3 is 2.47 bits per heavy atom. The first-order chi connectivity index (χ1) is 16.5. The third-order valence-corrected chi connectivity index (χ3v) is 7.97. The van der Waals surface area contributed by atoms with Gasteiger partial charge in [-0.1, -0.05) is 64.2 Å². The number of carbonyl (C=O) groups is 2. The highest BCUT2D eigenvalue weighted by atomic mass is 32.1. The molecule has 0 saturated heterocycles. The zero-order chi connectivity index (χ0) is 24.1. The van der Waals surface area contributed by atoms with Crippen LogP contribution in [0.1, 0.15) is 92.9 Å². The fraction of sp³-hybridized carbons (Fsp3) is 0.667. The summed E-state index contributed by atoms with van der Waals surface area (Å²) in [6.07, 6.45) is 12.2. The molecule has 2 heterocycles. The van der Waals surface area contributed by atoms with Crippen molar-refractivity contribution in [2.75, 3.05) is 12.4 Å². The first-order valence-electron chi connectivity index (χ1n) is 12.3. The molecule has 2 aromatic heterocycles. The first-order valence-corrected chi connectivity index (χ1v) is 13.2. The Hall–Kier alpha value is -2.62. The quantitative estimate of drug-likeness (QED) is 0.471. The molecule has 1 atom stereocenters. The molecular weight excluding hydrogens is 456 g/mol. The number of nitrogens with one attached hydrogen (secondary N) is 2. The van der Waals surface area contributed by atoms with E-state index in [0.29, 0.717) is 30.4 Å². The Morgan fingerprint density at radius 1 is 1.18 bits per heavy atom. The Balaban J connectivity index is 1.57. The standard InChI is InChI=1S/C24H34N4O5S/c1-33-22(31)18-14-34-23(25-18)27-20(29)19(13-16-10-6-3-7-11-16)28-21(30)17(26-24(28)32)12-15-8-4-2-5-9-15/h14-16,19,30H,2-13H2,1H3,(H,26,32)(H,25,27,29)/t19-/m0/s1. The van der Waals surface area contributed by atoms with E-state index >= 15 is 0 Å². The minimum absolute atomic E-state index is 0.114. The van der Waals surface area contributed by atoms with E-state index in [2.05, 4.69) is 20.0 Å². The summed E-state index contributed by atoms with van der Waals surface area (Å²) < 4.78 is 5.90. The number of amides is 1. The third-order valence-electron chi connectivity index (χ3n) is 7.22. The number of anilines is 1. The van der Waals surface area contributed by atoms with E-state index < -0.39 is 23.6 Å². The number of thiazole rings is 1. The lowest BCUT2D eigenvalue weighted by atomic mass is 9.84. The van der Waals surface area contributed by atoms with Crippen LogP contribution in [0, 0.1) is 11.8 Å². The maximum Gasteiger partial charge on any atom is 0.357 e. The van der Waals surface area contributed by atoms with Crippen molar-refractivity contribution in [2.24, 2.45) is 11.8 Å². The molecule has 2 saturated carbocycles. The smallest absolute Gasteiger partial charge is 0.357 e. The number of nitrogens with zero attached hydrogens (tertiary/aromatic N) is 2. The number of rotatable bonds is 8. The first kappa shape index (κ1) is 24.5. The van der Waals surface area contributed by atoms with Crippen LogP contribution in [0.3, 0.4) is 0 Å². The summed E-state index contributed by atoms with van der Waals surface area (Å²) in [5.74, 6) is -0.404. The van der Waals surface area contributed by atoms with E-state index in [0.717, 1.165) is 49.9 Å². The Bertz CT molecular complexity index is 1050. The minimum atomic E-state index is -0.863. The van der Waals surface area contributed by atoms with E-state index in [9.17, 15) is 19.5 Å². The third kappa shape index (κ3) is 5.71. The number of hydrogen-bond donors (Lipinski definition) is 3. The van der Waals surface area contributed by atoms with Gasteiger partial charge in [0, 0.05) is 5.38 Å². The normalized spacial score (nSPS) is 18.5. The lowest BCUT2D eigenvalue weighted by Gasteiger charge is -2.26. The molecule has 2 aromatic rings. The summed E-state index contributed by atoms with van der Waals surface area (Å²) in [4.78, 5) is 45.0. The highest BCUT2D eigenvalue weighted by Crippen LogP contribution is 2.34. The zero-order valence-electron chi connectivity index (χ0n) is 19.7. The van der Waals surface area contributed by atoms with Crippen LogP contribution >= 0.6 is 11.3 Å². The monoisotopic (exact) mass is 490 g/mol. The molecule has 0 spiro atoms. The lowest BCUT2D eigenvalue weighted by molar-refractivity contribution is -0.120. The Morgan fingerprint density at radius 2 is 1.82 bits per heavy atom. The van der Waals surface area contributed by atoms with Crippen molar-refractivity contribution >= 4 is 28.3 Å². The molecular formula is C24H34N4O5S.